The van der Waals surface area contributed by atoms with Gasteiger partial charge in [0.05, 0.1) is 12.8 Å². The predicted molar refractivity (Wildman–Crippen MR) is 113 cm³/mol. The van der Waals surface area contributed by atoms with E-state index in [4.69, 9.17) is 39.5 Å². The Morgan fingerprint density at radius 2 is 1.52 bits per heavy atom. The highest BCUT2D eigenvalue weighted by Gasteiger charge is 2.03. The zero-order valence-corrected chi connectivity index (χ0v) is 16.6. The van der Waals surface area contributed by atoms with E-state index in [2.05, 4.69) is 10.5 Å². The van der Waals surface area contributed by atoms with Crippen LogP contribution in [0.3, 0.4) is 0 Å². The Kier molecular flexibility index (Phi) is 6.99. The van der Waals surface area contributed by atoms with Crippen LogP contribution in [0.15, 0.2) is 71.8 Å². The first kappa shape index (κ1) is 19.6. The number of hydrogen-bond acceptors (Lipinski definition) is 3. The van der Waals surface area contributed by atoms with Gasteiger partial charge in [-0.1, -0.05) is 53.0 Å². The fourth-order valence-electron chi connectivity index (χ4n) is 2.34. The van der Waals surface area contributed by atoms with Crippen molar-refractivity contribution in [2.24, 2.45) is 5.10 Å². The van der Waals surface area contributed by atoms with Crippen molar-refractivity contribution in [2.45, 2.75) is 13.2 Å². The Morgan fingerprint density at radius 3 is 2.19 bits per heavy atom. The quantitative estimate of drug-likeness (QED) is 0.357. The minimum Gasteiger partial charge on any atom is -0.489 e. The van der Waals surface area contributed by atoms with Gasteiger partial charge in [-0.25, -0.2) is 0 Å². The molecule has 3 aromatic carbocycles. The summed E-state index contributed by atoms with van der Waals surface area (Å²) < 4.78 is 5.76. The molecule has 138 valence electrons. The predicted octanol–water partition coefficient (Wildman–Crippen LogP) is 6.35. The van der Waals surface area contributed by atoms with Crippen LogP contribution in [0.5, 0.6) is 5.75 Å². The maximum absolute atomic E-state index is 6.13. The molecule has 0 amide bonds. The summed E-state index contributed by atoms with van der Waals surface area (Å²) in [7, 11) is 0. The Labute approximate surface area is 173 Å². The fraction of sp³-hybridized carbons (Fsp3) is 0.0952. The molecule has 3 rings (SSSR count). The number of nitrogens with one attached hydrogen (secondary N) is 1. The van der Waals surface area contributed by atoms with Gasteiger partial charge in [0, 0.05) is 20.6 Å². The second kappa shape index (κ2) is 9.65. The third-order valence-electron chi connectivity index (χ3n) is 3.82. The van der Waals surface area contributed by atoms with E-state index in [1.165, 1.54) is 0 Å². The minimum absolute atomic E-state index is 0.456. The molecule has 3 nitrogen and oxygen atoms in total. The zero-order valence-electron chi connectivity index (χ0n) is 14.3. The lowest BCUT2D eigenvalue weighted by Crippen LogP contribution is -2.06. The van der Waals surface area contributed by atoms with Gasteiger partial charge in [0.2, 0.25) is 0 Å². The molecule has 0 aliphatic carbocycles. The highest BCUT2D eigenvalue weighted by atomic mass is 35.5. The summed E-state index contributed by atoms with van der Waals surface area (Å²) in [5.41, 5.74) is 5.79. The van der Waals surface area contributed by atoms with Gasteiger partial charge in [0.25, 0.3) is 0 Å². The van der Waals surface area contributed by atoms with E-state index in [0.717, 1.165) is 22.4 Å². The number of hydrazone groups is 1. The Morgan fingerprint density at radius 1 is 0.852 bits per heavy atom. The topological polar surface area (TPSA) is 33.6 Å². The molecule has 6 heteroatoms. The molecule has 0 atom stereocenters. The first-order chi connectivity index (χ1) is 13.1. The van der Waals surface area contributed by atoms with Gasteiger partial charge >= 0.3 is 0 Å². The van der Waals surface area contributed by atoms with Crippen molar-refractivity contribution >= 4 is 41.0 Å². The number of benzene rings is 3. The average Bonchev–Trinajstić information content (AvgIpc) is 2.67. The van der Waals surface area contributed by atoms with Gasteiger partial charge < -0.3 is 10.2 Å². The molecule has 1 N–H and O–H groups in total. The molecule has 27 heavy (non-hydrogen) atoms. The van der Waals surface area contributed by atoms with E-state index in [-0.39, 0.29) is 0 Å². The van der Waals surface area contributed by atoms with Crippen LogP contribution in [0.2, 0.25) is 15.1 Å². The molecule has 0 aromatic heterocycles. The van der Waals surface area contributed by atoms with Crippen LogP contribution in [0, 0.1) is 0 Å². The lowest BCUT2D eigenvalue weighted by atomic mass is 10.2. The van der Waals surface area contributed by atoms with Crippen LogP contribution in [0.25, 0.3) is 0 Å². The van der Waals surface area contributed by atoms with E-state index < -0.39 is 0 Å². The molecule has 3 aromatic rings. The van der Waals surface area contributed by atoms with Gasteiger partial charge in [-0.3, -0.25) is 0 Å². The molecular weight excluding hydrogens is 403 g/mol. The second-order valence-corrected chi connectivity index (χ2v) is 7.03. The SMILES string of the molecule is Clc1ccc(COc2ccc(/C=N\NCc3c(Cl)cccc3Cl)cc2)cc1. The van der Waals surface area contributed by atoms with E-state index in [1.54, 1.807) is 18.3 Å². The highest BCUT2D eigenvalue weighted by Crippen LogP contribution is 2.23. The smallest absolute Gasteiger partial charge is 0.119 e. The first-order valence-electron chi connectivity index (χ1n) is 8.28. The summed E-state index contributed by atoms with van der Waals surface area (Å²) in [6, 6.07) is 20.7. The fourth-order valence-corrected chi connectivity index (χ4v) is 3.00. The van der Waals surface area contributed by atoms with Gasteiger partial charge in [0.1, 0.15) is 12.4 Å². The van der Waals surface area contributed by atoms with Crippen molar-refractivity contribution in [1.82, 2.24) is 5.43 Å². The molecule has 0 radical (unpaired) electrons. The van der Waals surface area contributed by atoms with Crippen molar-refractivity contribution in [3.8, 4) is 5.75 Å². The number of hydrogen-bond donors (Lipinski definition) is 1. The number of rotatable bonds is 7. The lowest BCUT2D eigenvalue weighted by Gasteiger charge is -2.07. The molecule has 0 bridgehead atoms. The normalized spacial score (nSPS) is 10.9. The van der Waals surface area contributed by atoms with Gasteiger partial charge in [-0.2, -0.15) is 5.10 Å². The van der Waals surface area contributed by atoms with Gasteiger partial charge in [-0.05, 0) is 59.7 Å². The number of nitrogens with zero attached hydrogens (tertiary/aromatic N) is 1. The van der Waals surface area contributed by atoms with Crippen molar-refractivity contribution in [3.63, 3.8) is 0 Å². The molecule has 0 spiro atoms. The Balaban J connectivity index is 1.50. The molecule has 0 aliphatic heterocycles. The molecule has 0 unspecified atom stereocenters. The lowest BCUT2D eigenvalue weighted by molar-refractivity contribution is 0.306. The first-order valence-corrected chi connectivity index (χ1v) is 9.41. The van der Waals surface area contributed by atoms with E-state index in [1.807, 2.05) is 54.6 Å². The summed E-state index contributed by atoms with van der Waals surface area (Å²) in [4.78, 5) is 0. The van der Waals surface area contributed by atoms with Crippen molar-refractivity contribution in [2.75, 3.05) is 0 Å². The van der Waals surface area contributed by atoms with Crippen LogP contribution in [0.4, 0.5) is 0 Å². The van der Waals surface area contributed by atoms with E-state index >= 15 is 0 Å². The maximum atomic E-state index is 6.13. The molecular formula is C21H17Cl3N2O. The average molecular weight is 420 g/mol. The molecule has 0 heterocycles. The van der Waals surface area contributed by atoms with Gasteiger partial charge in [0.15, 0.2) is 0 Å². The summed E-state index contributed by atoms with van der Waals surface area (Å²) >= 11 is 18.1. The Hall–Kier alpha value is -2.20. The maximum Gasteiger partial charge on any atom is 0.119 e. The zero-order chi connectivity index (χ0) is 19.1. The van der Waals surface area contributed by atoms with Crippen LogP contribution < -0.4 is 10.2 Å². The van der Waals surface area contributed by atoms with Crippen LogP contribution >= 0.6 is 34.8 Å². The van der Waals surface area contributed by atoms with Crippen LogP contribution in [-0.4, -0.2) is 6.21 Å². The van der Waals surface area contributed by atoms with E-state index in [0.29, 0.717) is 28.2 Å². The standard InChI is InChI=1S/C21H17Cl3N2O/c22-17-8-4-16(5-9-17)14-27-18-10-6-15(7-11-18)12-25-26-13-19-20(23)2-1-3-21(19)24/h1-12,26H,13-14H2/b25-12-. The molecule has 0 saturated heterocycles. The Bertz CT molecular complexity index is 889. The van der Waals surface area contributed by atoms with Crippen LogP contribution in [-0.2, 0) is 13.2 Å². The van der Waals surface area contributed by atoms with Crippen molar-refractivity contribution in [1.29, 1.82) is 0 Å². The number of ether oxygens (including phenoxy) is 1. The van der Waals surface area contributed by atoms with Crippen molar-refractivity contribution in [3.05, 3.63) is 98.5 Å². The molecule has 0 aliphatic rings. The third-order valence-corrected chi connectivity index (χ3v) is 4.78. The molecule has 0 saturated carbocycles. The van der Waals surface area contributed by atoms with Crippen LogP contribution in [0.1, 0.15) is 16.7 Å². The second-order valence-electron chi connectivity index (χ2n) is 5.78. The summed E-state index contributed by atoms with van der Waals surface area (Å²) in [5, 5.41) is 6.16. The third kappa shape index (κ3) is 5.90. The summed E-state index contributed by atoms with van der Waals surface area (Å²) in [6.45, 7) is 0.946. The van der Waals surface area contributed by atoms with Gasteiger partial charge in [-0.15, -0.1) is 0 Å². The molecule has 0 fully saturated rings. The van der Waals surface area contributed by atoms with E-state index in [9.17, 15) is 0 Å². The monoisotopic (exact) mass is 418 g/mol. The van der Waals surface area contributed by atoms with Crippen molar-refractivity contribution < 1.29 is 4.74 Å². The minimum atomic E-state index is 0.456. The largest absolute Gasteiger partial charge is 0.489 e. The summed E-state index contributed by atoms with van der Waals surface area (Å²) in [5.74, 6) is 0.790. The number of halogens is 3. The summed E-state index contributed by atoms with van der Waals surface area (Å²) in [6.07, 6.45) is 1.73. The highest BCUT2D eigenvalue weighted by molar-refractivity contribution is 6.36.